The fourth-order valence-corrected chi connectivity index (χ4v) is 2.70. The van der Waals surface area contributed by atoms with E-state index < -0.39 is 0 Å². The molecule has 0 atom stereocenters. The van der Waals surface area contributed by atoms with E-state index in [-0.39, 0.29) is 0 Å². The van der Waals surface area contributed by atoms with Gasteiger partial charge in [-0.1, -0.05) is 19.3 Å². The third-order valence-corrected chi connectivity index (χ3v) is 3.63. The van der Waals surface area contributed by atoms with Crippen LogP contribution in [-0.4, -0.2) is 44.2 Å². The number of hydrogen-bond acceptors (Lipinski definition) is 5. The summed E-state index contributed by atoms with van der Waals surface area (Å²) in [5.41, 5.74) is 5.63. The van der Waals surface area contributed by atoms with Crippen LogP contribution in [0, 0.1) is 0 Å². The zero-order valence-corrected chi connectivity index (χ0v) is 11.3. The smallest absolute Gasteiger partial charge is 0.188 e. The number of nitrogens with zero attached hydrogens (tertiary/aromatic N) is 5. The summed E-state index contributed by atoms with van der Waals surface area (Å²) in [6, 6.07) is 0.675. The minimum atomic E-state index is 0.675. The third-order valence-electron chi connectivity index (χ3n) is 3.63. The molecule has 0 radical (unpaired) electrons. The van der Waals surface area contributed by atoms with E-state index in [0.717, 1.165) is 31.9 Å². The lowest BCUT2D eigenvalue weighted by Crippen LogP contribution is -2.38. The van der Waals surface area contributed by atoms with E-state index >= 15 is 0 Å². The molecule has 0 spiro atoms. The predicted molar refractivity (Wildman–Crippen MR) is 69.8 cm³/mol. The second-order valence-electron chi connectivity index (χ2n) is 5.10. The summed E-state index contributed by atoms with van der Waals surface area (Å²) >= 11 is 0. The van der Waals surface area contributed by atoms with Crippen molar-refractivity contribution in [3.63, 3.8) is 0 Å². The Balaban J connectivity index is 1.94. The van der Waals surface area contributed by atoms with Gasteiger partial charge in [-0.15, -0.1) is 10.2 Å². The van der Waals surface area contributed by atoms with Gasteiger partial charge in [0, 0.05) is 12.6 Å². The average molecular weight is 252 g/mol. The van der Waals surface area contributed by atoms with Crippen LogP contribution in [0.3, 0.4) is 0 Å². The van der Waals surface area contributed by atoms with Crippen molar-refractivity contribution in [1.82, 2.24) is 25.1 Å². The maximum absolute atomic E-state index is 5.63. The Bertz CT molecular complexity index is 344. The van der Waals surface area contributed by atoms with Gasteiger partial charge in [-0.2, -0.15) is 4.80 Å². The van der Waals surface area contributed by atoms with E-state index in [2.05, 4.69) is 20.3 Å². The second kappa shape index (κ2) is 6.80. The van der Waals surface area contributed by atoms with Crippen LogP contribution in [0.2, 0.25) is 0 Å². The van der Waals surface area contributed by atoms with Crippen molar-refractivity contribution >= 4 is 0 Å². The lowest BCUT2D eigenvalue weighted by atomic mass is 9.94. The molecule has 0 aliphatic heterocycles. The van der Waals surface area contributed by atoms with Crippen molar-refractivity contribution < 1.29 is 0 Å². The Labute approximate surface area is 109 Å². The van der Waals surface area contributed by atoms with Crippen LogP contribution in [0.4, 0.5) is 0 Å². The van der Waals surface area contributed by atoms with E-state index in [9.17, 15) is 0 Å². The molecule has 1 aliphatic carbocycles. The molecule has 0 amide bonds. The van der Waals surface area contributed by atoms with Crippen LogP contribution in [0.15, 0.2) is 0 Å². The first-order valence-electron chi connectivity index (χ1n) is 6.96. The molecule has 1 aromatic heterocycles. The minimum Gasteiger partial charge on any atom is -0.330 e. The second-order valence-corrected chi connectivity index (χ2v) is 5.10. The van der Waals surface area contributed by atoms with Gasteiger partial charge in [0.15, 0.2) is 5.82 Å². The van der Waals surface area contributed by atoms with E-state index in [1.54, 1.807) is 7.05 Å². The average Bonchev–Trinajstić information content (AvgIpc) is 2.81. The molecule has 2 N–H and O–H groups in total. The fraction of sp³-hybridized carbons (Fsp3) is 0.917. The van der Waals surface area contributed by atoms with Crippen LogP contribution >= 0.6 is 0 Å². The minimum absolute atomic E-state index is 0.675. The Morgan fingerprint density at radius 3 is 2.72 bits per heavy atom. The number of aromatic nitrogens is 4. The molecule has 1 fully saturated rings. The predicted octanol–water partition coefficient (Wildman–Crippen LogP) is 0.694. The summed E-state index contributed by atoms with van der Waals surface area (Å²) in [4.78, 5) is 4.01. The van der Waals surface area contributed by atoms with Gasteiger partial charge in [0.25, 0.3) is 0 Å². The topological polar surface area (TPSA) is 72.9 Å². The molecule has 0 aromatic carbocycles. The zero-order valence-electron chi connectivity index (χ0n) is 11.3. The van der Waals surface area contributed by atoms with Crippen molar-refractivity contribution in [2.45, 2.75) is 51.1 Å². The van der Waals surface area contributed by atoms with E-state index in [1.807, 2.05) is 0 Å². The van der Waals surface area contributed by atoms with Gasteiger partial charge >= 0.3 is 0 Å². The molecule has 1 saturated carbocycles. The first-order valence-corrected chi connectivity index (χ1v) is 6.96. The number of rotatable bonds is 6. The normalized spacial score (nSPS) is 17.5. The summed E-state index contributed by atoms with van der Waals surface area (Å²) in [7, 11) is 1.81. The SMILES string of the molecule is Cn1nnc(CN(CCCN)C2CCCCC2)n1. The first kappa shape index (κ1) is 13.4. The lowest BCUT2D eigenvalue weighted by Gasteiger charge is -2.33. The molecule has 0 bridgehead atoms. The lowest BCUT2D eigenvalue weighted by molar-refractivity contribution is 0.143. The van der Waals surface area contributed by atoms with Crippen molar-refractivity contribution in [2.75, 3.05) is 13.1 Å². The van der Waals surface area contributed by atoms with Crippen LogP contribution in [0.1, 0.15) is 44.3 Å². The summed E-state index contributed by atoms with van der Waals surface area (Å²) in [5.74, 6) is 0.820. The molecule has 6 nitrogen and oxygen atoms in total. The van der Waals surface area contributed by atoms with Crippen LogP contribution in [0.25, 0.3) is 0 Å². The first-order chi connectivity index (χ1) is 8.79. The van der Waals surface area contributed by atoms with Crippen molar-refractivity contribution in [3.05, 3.63) is 5.82 Å². The summed E-state index contributed by atoms with van der Waals surface area (Å²) < 4.78 is 0. The number of aryl methyl sites for hydroxylation is 1. The largest absolute Gasteiger partial charge is 0.330 e. The maximum atomic E-state index is 5.63. The molecule has 1 aromatic rings. The molecule has 1 heterocycles. The van der Waals surface area contributed by atoms with Crippen molar-refractivity contribution in [3.8, 4) is 0 Å². The fourth-order valence-electron chi connectivity index (χ4n) is 2.70. The Kier molecular flexibility index (Phi) is 5.07. The van der Waals surface area contributed by atoms with Crippen LogP contribution < -0.4 is 5.73 Å². The Hall–Kier alpha value is -1.01. The van der Waals surface area contributed by atoms with Gasteiger partial charge in [-0.05, 0) is 31.0 Å². The molecular weight excluding hydrogens is 228 g/mol. The molecule has 6 heteroatoms. The van der Waals surface area contributed by atoms with Crippen LogP contribution in [-0.2, 0) is 13.6 Å². The molecule has 0 saturated heterocycles. The standard InChI is InChI=1S/C12H24N6/c1-17-15-12(14-16-17)10-18(9-5-8-13)11-6-3-2-4-7-11/h11H,2-10,13H2,1H3. The maximum Gasteiger partial charge on any atom is 0.188 e. The van der Waals surface area contributed by atoms with Gasteiger partial charge in [0.05, 0.1) is 13.6 Å². The number of nitrogens with two attached hydrogens (primary N) is 1. The molecular formula is C12H24N6. The van der Waals surface area contributed by atoms with Gasteiger partial charge < -0.3 is 5.73 Å². The number of hydrogen-bond donors (Lipinski definition) is 1. The van der Waals surface area contributed by atoms with Crippen molar-refractivity contribution in [1.29, 1.82) is 0 Å². The monoisotopic (exact) mass is 252 g/mol. The highest BCUT2D eigenvalue weighted by Crippen LogP contribution is 2.23. The highest BCUT2D eigenvalue weighted by Gasteiger charge is 2.22. The van der Waals surface area contributed by atoms with Gasteiger partial charge in [-0.3, -0.25) is 4.90 Å². The quantitative estimate of drug-likeness (QED) is 0.806. The van der Waals surface area contributed by atoms with Gasteiger partial charge in [-0.25, -0.2) is 0 Å². The van der Waals surface area contributed by atoms with E-state index in [4.69, 9.17) is 5.73 Å². The highest BCUT2D eigenvalue weighted by molar-refractivity contribution is 4.82. The third kappa shape index (κ3) is 3.74. The van der Waals surface area contributed by atoms with Crippen molar-refractivity contribution in [2.24, 2.45) is 12.8 Å². The summed E-state index contributed by atoms with van der Waals surface area (Å²) in [5, 5.41) is 12.3. The Morgan fingerprint density at radius 2 is 2.11 bits per heavy atom. The molecule has 18 heavy (non-hydrogen) atoms. The summed E-state index contributed by atoms with van der Waals surface area (Å²) in [6.45, 7) is 2.59. The van der Waals surface area contributed by atoms with Gasteiger partial charge in [0.2, 0.25) is 0 Å². The molecule has 102 valence electrons. The van der Waals surface area contributed by atoms with Crippen LogP contribution in [0.5, 0.6) is 0 Å². The molecule has 0 unspecified atom stereocenters. The van der Waals surface area contributed by atoms with Gasteiger partial charge in [0.1, 0.15) is 0 Å². The Morgan fingerprint density at radius 1 is 1.33 bits per heavy atom. The van der Waals surface area contributed by atoms with E-state index in [1.165, 1.54) is 36.9 Å². The zero-order chi connectivity index (χ0) is 12.8. The molecule has 2 rings (SSSR count). The molecule has 1 aliphatic rings. The number of tetrazole rings is 1. The summed E-state index contributed by atoms with van der Waals surface area (Å²) in [6.07, 6.45) is 7.70. The van der Waals surface area contributed by atoms with E-state index in [0.29, 0.717) is 6.04 Å². The highest BCUT2D eigenvalue weighted by atomic mass is 15.6.